The lowest BCUT2D eigenvalue weighted by molar-refractivity contribution is -0.117. The molecule has 5 nitrogen and oxygen atoms in total. The van der Waals surface area contributed by atoms with Gasteiger partial charge < -0.3 is 11.1 Å². The molecule has 0 unspecified atom stereocenters. The van der Waals surface area contributed by atoms with Crippen LogP contribution in [-0.4, -0.2) is 22.1 Å². The van der Waals surface area contributed by atoms with Gasteiger partial charge in [-0.05, 0) is 44.7 Å². The third-order valence-corrected chi connectivity index (χ3v) is 5.19. The Hall–Kier alpha value is -1.50. The van der Waals surface area contributed by atoms with Gasteiger partial charge in [0.2, 0.25) is 11.0 Å². The lowest BCUT2D eigenvalue weighted by Crippen LogP contribution is -2.28. The smallest absolute Gasteiger partial charge is 0.226 e. The van der Waals surface area contributed by atoms with Gasteiger partial charge in [-0.15, -0.1) is 22.6 Å². The van der Waals surface area contributed by atoms with Gasteiger partial charge in [-0.1, -0.05) is 35.0 Å². The molecule has 0 radical (unpaired) electrons. The van der Waals surface area contributed by atoms with E-state index < -0.39 is 0 Å². The van der Waals surface area contributed by atoms with Crippen LogP contribution in [-0.2, 0) is 4.79 Å². The molecule has 0 spiro atoms. The second kappa shape index (κ2) is 8.05. The summed E-state index contributed by atoms with van der Waals surface area (Å²) in [6.07, 6.45) is 3.65. The lowest BCUT2D eigenvalue weighted by atomic mass is 10.00. The van der Waals surface area contributed by atoms with E-state index in [0.717, 1.165) is 29.8 Å². The second-order valence-corrected chi connectivity index (χ2v) is 7.37. The van der Waals surface area contributed by atoms with Crippen LogP contribution in [0.2, 0.25) is 0 Å². The maximum Gasteiger partial charge on any atom is 0.226 e. The van der Waals surface area contributed by atoms with Gasteiger partial charge in [-0.25, -0.2) is 0 Å². The highest BCUT2D eigenvalue weighted by Crippen LogP contribution is 2.29. The van der Waals surface area contributed by atoms with Gasteiger partial charge in [0, 0.05) is 18.0 Å². The number of halogens is 1. The van der Waals surface area contributed by atoms with E-state index in [1.807, 2.05) is 0 Å². The van der Waals surface area contributed by atoms with E-state index in [0.29, 0.717) is 17.5 Å². The van der Waals surface area contributed by atoms with Gasteiger partial charge in [0.25, 0.3) is 0 Å². The number of carbonyl (C=O) groups excluding carboxylic acids is 1. The summed E-state index contributed by atoms with van der Waals surface area (Å²) >= 11 is 1.41. The van der Waals surface area contributed by atoms with Crippen LogP contribution in [0.1, 0.15) is 36.8 Å². The van der Waals surface area contributed by atoms with Crippen LogP contribution in [0.25, 0.3) is 10.6 Å². The number of hydrogen-bond acceptors (Lipinski definition) is 5. The molecule has 7 heteroatoms. The first-order valence-corrected chi connectivity index (χ1v) is 8.80. The standard InChI is InChI=1S/C17H22N4OS.ClH/c1-10-6-11(2)8-13(7-10)16-20-21-17(23-16)19-15(22)9-12-4-3-5-14(12)18;/h6-8,12,14H,3-5,9,18H2,1-2H3,(H,19,21,22);1H/t12-,14+;/m0./s1. The van der Waals surface area contributed by atoms with E-state index in [1.165, 1.54) is 22.5 Å². The summed E-state index contributed by atoms with van der Waals surface area (Å²) in [5, 5.41) is 12.5. The fourth-order valence-corrected chi connectivity index (χ4v) is 3.96. The summed E-state index contributed by atoms with van der Waals surface area (Å²) in [7, 11) is 0. The minimum atomic E-state index is -0.0181. The van der Waals surface area contributed by atoms with Crippen LogP contribution >= 0.6 is 23.7 Å². The fraction of sp³-hybridized carbons (Fsp3) is 0.471. The summed E-state index contributed by atoms with van der Waals surface area (Å²) in [5.74, 6) is 0.275. The number of hydrogen-bond donors (Lipinski definition) is 2. The van der Waals surface area contributed by atoms with Gasteiger partial charge >= 0.3 is 0 Å². The Morgan fingerprint density at radius 1 is 1.25 bits per heavy atom. The Balaban J connectivity index is 0.00000208. The van der Waals surface area contributed by atoms with Crippen molar-refractivity contribution in [3.8, 4) is 10.6 Å². The first kappa shape index (κ1) is 18.8. The second-order valence-electron chi connectivity index (χ2n) is 6.40. The third-order valence-electron chi connectivity index (χ3n) is 4.31. The number of nitrogens with two attached hydrogens (primary N) is 1. The van der Waals surface area contributed by atoms with E-state index in [4.69, 9.17) is 5.73 Å². The van der Waals surface area contributed by atoms with Crippen LogP contribution in [0.4, 0.5) is 5.13 Å². The quantitative estimate of drug-likeness (QED) is 0.864. The third kappa shape index (κ3) is 4.53. The molecule has 1 aromatic heterocycles. The Bertz CT molecular complexity index is 698. The summed E-state index contributed by atoms with van der Waals surface area (Å²) in [5.41, 5.74) is 9.45. The number of benzene rings is 1. The maximum atomic E-state index is 12.1. The summed E-state index contributed by atoms with van der Waals surface area (Å²) in [4.78, 5) is 12.1. The molecule has 2 aromatic rings. The van der Waals surface area contributed by atoms with Crippen LogP contribution in [0, 0.1) is 19.8 Å². The highest BCUT2D eigenvalue weighted by atomic mass is 35.5. The number of nitrogens with one attached hydrogen (secondary N) is 1. The van der Waals surface area contributed by atoms with Crippen molar-refractivity contribution in [2.45, 2.75) is 45.6 Å². The molecule has 24 heavy (non-hydrogen) atoms. The monoisotopic (exact) mass is 366 g/mol. The topological polar surface area (TPSA) is 80.9 Å². The molecular formula is C17H23ClN4OS. The van der Waals surface area contributed by atoms with E-state index in [9.17, 15) is 4.79 Å². The molecule has 1 fully saturated rings. The van der Waals surface area contributed by atoms with Crippen LogP contribution in [0.3, 0.4) is 0 Å². The molecule has 2 atom stereocenters. The Morgan fingerprint density at radius 2 is 1.96 bits per heavy atom. The molecule has 3 rings (SSSR count). The zero-order chi connectivity index (χ0) is 16.4. The molecule has 3 N–H and O–H groups in total. The fourth-order valence-electron chi connectivity index (χ4n) is 3.22. The number of aryl methyl sites for hydroxylation is 2. The van der Waals surface area contributed by atoms with Crippen LogP contribution in [0.5, 0.6) is 0 Å². The SMILES string of the molecule is Cc1cc(C)cc(-c2nnc(NC(=O)C[C@@H]3CCC[C@H]3N)s2)c1.Cl. The van der Waals surface area contributed by atoms with Crippen molar-refractivity contribution in [3.63, 3.8) is 0 Å². The van der Waals surface area contributed by atoms with E-state index in [2.05, 4.69) is 47.6 Å². The predicted octanol–water partition coefficient (Wildman–Crippen LogP) is 3.70. The van der Waals surface area contributed by atoms with E-state index >= 15 is 0 Å². The van der Waals surface area contributed by atoms with Crippen LogP contribution < -0.4 is 11.1 Å². The molecule has 0 saturated heterocycles. The zero-order valence-electron chi connectivity index (χ0n) is 13.9. The summed E-state index contributed by atoms with van der Waals surface area (Å²) in [6, 6.07) is 6.44. The predicted molar refractivity (Wildman–Crippen MR) is 101 cm³/mol. The van der Waals surface area contributed by atoms with Crippen LogP contribution in [0.15, 0.2) is 18.2 Å². The number of amides is 1. The van der Waals surface area contributed by atoms with Crippen molar-refractivity contribution in [1.82, 2.24) is 10.2 Å². The molecule has 0 bridgehead atoms. The molecule has 1 aromatic carbocycles. The van der Waals surface area contributed by atoms with Gasteiger partial charge in [0.15, 0.2) is 0 Å². The Kier molecular flexibility index (Phi) is 6.32. The molecule has 130 valence electrons. The number of nitrogens with zero attached hydrogens (tertiary/aromatic N) is 2. The summed E-state index contributed by atoms with van der Waals surface area (Å²) < 4.78 is 0. The van der Waals surface area contributed by atoms with Crippen molar-refractivity contribution in [2.75, 3.05) is 5.32 Å². The average molecular weight is 367 g/mol. The summed E-state index contributed by atoms with van der Waals surface area (Å²) in [6.45, 7) is 4.12. The molecule has 1 aliphatic rings. The minimum absolute atomic E-state index is 0. The highest BCUT2D eigenvalue weighted by molar-refractivity contribution is 7.18. The van der Waals surface area contributed by atoms with Gasteiger partial charge in [0.05, 0.1) is 0 Å². The Labute approximate surface area is 152 Å². The molecule has 1 heterocycles. The average Bonchev–Trinajstić information content (AvgIpc) is 3.08. The molecule has 0 aliphatic heterocycles. The van der Waals surface area contributed by atoms with Gasteiger partial charge in [0.1, 0.15) is 5.01 Å². The minimum Gasteiger partial charge on any atom is -0.327 e. The van der Waals surface area contributed by atoms with Crippen molar-refractivity contribution in [3.05, 3.63) is 29.3 Å². The van der Waals surface area contributed by atoms with Crippen molar-refractivity contribution in [1.29, 1.82) is 0 Å². The molecule has 1 aliphatic carbocycles. The number of aromatic nitrogens is 2. The first-order chi connectivity index (χ1) is 11.0. The molecule has 1 amide bonds. The lowest BCUT2D eigenvalue weighted by Gasteiger charge is -2.13. The number of anilines is 1. The van der Waals surface area contributed by atoms with E-state index in [1.54, 1.807) is 0 Å². The number of rotatable bonds is 4. The van der Waals surface area contributed by atoms with Gasteiger partial charge in [-0.3, -0.25) is 4.79 Å². The van der Waals surface area contributed by atoms with Crippen molar-refractivity contribution >= 4 is 34.8 Å². The Morgan fingerprint density at radius 3 is 2.58 bits per heavy atom. The maximum absolute atomic E-state index is 12.1. The first-order valence-electron chi connectivity index (χ1n) is 7.99. The van der Waals surface area contributed by atoms with Crippen molar-refractivity contribution < 1.29 is 4.79 Å². The largest absolute Gasteiger partial charge is 0.327 e. The zero-order valence-corrected chi connectivity index (χ0v) is 15.5. The van der Waals surface area contributed by atoms with E-state index in [-0.39, 0.29) is 24.4 Å². The normalized spacial score (nSPS) is 19.8. The molecule has 1 saturated carbocycles. The van der Waals surface area contributed by atoms with Gasteiger partial charge in [-0.2, -0.15) is 0 Å². The highest BCUT2D eigenvalue weighted by Gasteiger charge is 2.26. The van der Waals surface area contributed by atoms with Crippen molar-refractivity contribution in [2.24, 2.45) is 11.7 Å². The number of carbonyl (C=O) groups is 1. The molecular weight excluding hydrogens is 344 g/mol.